The van der Waals surface area contributed by atoms with Gasteiger partial charge in [0, 0.05) is 7.05 Å². The molecule has 1 saturated heterocycles. The third-order valence-electron chi connectivity index (χ3n) is 2.41. The Labute approximate surface area is 103 Å². The summed E-state index contributed by atoms with van der Waals surface area (Å²) in [5.41, 5.74) is 0. The molecule has 0 spiro atoms. The van der Waals surface area contributed by atoms with Crippen molar-refractivity contribution in [2.24, 2.45) is 0 Å². The smallest absolute Gasteiger partial charge is 0.162 e. The second-order valence-corrected chi connectivity index (χ2v) is 5.70. The first-order valence-electron chi connectivity index (χ1n) is 4.63. The van der Waals surface area contributed by atoms with Crippen LogP contribution >= 0.6 is 24.0 Å². The molecule has 1 aliphatic heterocycles. The van der Waals surface area contributed by atoms with Gasteiger partial charge in [-0.1, -0.05) is 24.0 Å². The van der Waals surface area contributed by atoms with Gasteiger partial charge in [-0.2, -0.15) is 0 Å². The van der Waals surface area contributed by atoms with Gasteiger partial charge in [0.15, 0.2) is 4.93 Å². The quantitative estimate of drug-likeness (QED) is 0.363. The summed E-state index contributed by atoms with van der Waals surface area (Å²) in [5, 5.41) is 47.1. The molecule has 5 N–H and O–H groups in total. The summed E-state index contributed by atoms with van der Waals surface area (Å²) in [4.78, 5) is -0.108. The van der Waals surface area contributed by atoms with Gasteiger partial charge in [-0.05, 0) is 0 Å². The lowest BCUT2D eigenvalue weighted by atomic mass is 10.0. The first-order chi connectivity index (χ1) is 7.31. The number of hydrogen-bond acceptors (Lipinski definition) is 7. The number of likely N-dealkylation sites (N-methyl/N-ethyl adjacent to an activating group) is 1. The molecule has 6 nitrogen and oxygen atoms in total. The van der Waals surface area contributed by atoms with Crippen LogP contribution in [0.15, 0.2) is 0 Å². The molecule has 0 radical (unpaired) electrons. The summed E-state index contributed by atoms with van der Waals surface area (Å²) in [7, 11) is 1.65. The SMILES string of the molecule is CN1CC(O)(C(O)C(O)C(O)CO)SC1=S. The van der Waals surface area contributed by atoms with Crippen molar-refractivity contribution in [3.8, 4) is 0 Å². The van der Waals surface area contributed by atoms with Gasteiger partial charge in [0.2, 0.25) is 0 Å². The lowest BCUT2D eigenvalue weighted by Gasteiger charge is -2.31. The van der Waals surface area contributed by atoms with Crippen molar-refractivity contribution in [2.45, 2.75) is 23.2 Å². The van der Waals surface area contributed by atoms with Crippen LogP contribution in [0.1, 0.15) is 0 Å². The Morgan fingerprint density at radius 3 is 2.44 bits per heavy atom. The molecule has 4 unspecified atom stereocenters. The van der Waals surface area contributed by atoms with Crippen LogP contribution in [0.25, 0.3) is 0 Å². The van der Waals surface area contributed by atoms with Gasteiger partial charge in [0.25, 0.3) is 0 Å². The molecule has 0 aromatic carbocycles. The van der Waals surface area contributed by atoms with E-state index >= 15 is 0 Å². The molecule has 0 aromatic heterocycles. The lowest BCUT2D eigenvalue weighted by molar-refractivity contribution is -0.125. The van der Waals surface area contributed by atoms with Crippen LogP contribution in [0.5, 0.6) is 0 Å². The Hall–Kier alpha value is 0.0400. The molecular weight excluding hydrogens is 254 g/mol. The van der Waals surface area contributed by atoms with E-state index in [2.05, 4.69) is 0 Å². The monoisotopic (exact) mass is 269 g/mol. The Morgan fingerprint density at radius 1 is 1.50 bits per heavy atom. The molecule has 1 aliphatic rings. The second kappa shape index (κ2) is 5.13. The highest BCUT2D eigenvalue weighted by molar-refractivity contribution is 8.24. The minimum absolute atomic E-state index is 0.0485. The van der Waals surface area contributed by atoms with Crippen LogP contribution in [-0.2, 0) is 0 Å². The first-order valence-corrected chi connectivity index (χ1v) is 5.86. The topological polar surface area (TPSA) is 104 Å². The zero-order valence-corrected chi connectivity index (χ0v) is 10.3. The van der Waals surface area contributed by atoms with Crippen LogP contribution in [0, 0.1) is 0 Å². The average Bonchev–Trinajstić information content (AvgIpc) is 2.50. The van der Waals surface area contributed by atoms with E-state index in [0.29, 0.717) is 4.32 Å². The fraction of sp³-hybridized carbons (Fsp3) is 0.875. The van der Waals surface area contributed by atoms with Crippen LogP contribution in [0.3, 0.4) is 0 Å². The first kappa shape index (κ1) is 14.1. The van der Waals surface area contributed by atoms with E-state index in [1.165, 1.54) is 0 Å². The number of nitrogens with zero attached hydrogens (tertiary/aromatic N) is 1. The molecule has 1 rings (SSSR count). The Kier molecular flexibility index (Phi) is 4.52. The Morgan fingerprint density at radius 2 is 2.06 bits per heavy atom. The molecule has 0 bridgehead atoms. The highest BCUT2D eigenvalue weighted by atomic mass is 32.2. The van der Waals surface area contributed by atoms with Gasteiger partial charge < -0.3 is 30.4 Å². The molecular formula is C8H15NO5S2. The predicted molar refractivity (Wildman–Crippen MR) is 62.9 cm³/mol. The molecule has 1 fully saturated rings. The van der Waals surface area contributed by atoms with Crippen molar-refractivity contribution in [3.05, 3.63) is 0 Å². The largest absolute Gasteiger partial charge is 0.394 e. The van der Waals surface area contributed by atoms with Gasteiger partial charge in [0.1, 0.15) is 22.6 Å². The van der Waals surface area contributed by atoms with Gasteiger partial charge in [-0.15, -0.1) is 0 Å². The van der Waals surface area contributed by atoms with E-state index < -0.39 is 29.9 Å². The molecule has 1 heterocycles. The number of hydrogen-bond donors (Lipinski definition) is 5. The second-order valence-electron chi connectivity index (χ2n) is 3.75. The van der Waals surface area contributed by atoms with Crippen molar-refractivity contribution >= 4 is 28.3 Å². The summed E-state index contributed by atoms with van der Waals surface area (Å²) < 4.78 is 0.396. The van der Waals surface area contributed by atoms with Crippen LogP contribution in [-0.4, -0.2) is 78.2 Å². The Balaban J connectivity index is 2.73. The predicted octanol–water partition coefficient (Wildman–Crippen LogP) is -2.29. The molecule has 94 valence electrons. The van der Waals surface area contributed by atoms with Crippen molar-refractivity contribution in [2.75, 3.05) is 20.2 Å². The molecule has 0 aromatic rings. The molecule has 8 heteroatoms. The standard InChI is InChI=1S/C8H15NO5S2/c1-9-3-8(14,16-7(9)15)6(13)5(12)4(11)2-10/h4-6,10-14H,2-3H2,1H3. The van der Waals surface area contributed by atoms with Crippen LogP contribution < -0.4 is 0 Å². The maximum Gasteiger partial charge on any atom is 0.162 e. The maximum atomic E-state index is 10.0. The molecule has 0 aliphatic carbocycles. The average molecular weight is 269 g/mol. The lowest BCUT2D eigenvalue weighted by Crippen LogP contribution is -2.53. The molecule has 0 saturated carbocycles. The third-order valence-corrected chi connectivity index (χ3v) is 4.18. The van der Waals surface area contributed by atoms with Crippen molar-refractivity contribution in [3.63, 3.8) is 0 Å². The van der Waals surface area contributed by atoms with Crippen LogP contribution in [0.4, 0.5) is 0 Å². The van der Waals surface area contributed by atoms with Gasteiger partial charge >= 0.3 is 0 Å². The minimum Gasteiger partial charge on any atom is -0.394 e. The fourth-order valence-electron chi connectivity index (χ4n) is 1.40. The van der Waals surface area contributed by atoms with Gasteiger partial charge in [0.05, 0.1) is 13.2 Å². The van der Waals surface area contributed by atoms with Gasteiger partial charge in [-0.25, -0.2) is 0 Å². The number of rotatable bonds is 4. The minimum atomic E-state index is -1.67. The van der Waals surface area contributed by atoms with Crippen molar-refractivity contribution in [1.29, 1.82) is 0 Å². The number of aliphatic hydroxyl groups excluding tert-OH is 4. The van der Waals surface area contributed by atoms with E-state index in [-0.39, 0.29) is 6.54 Å². The summed E-state index contributed by atoms with van der Waals surface area (Å²) >= 11 is 5.77. The van der Waals surface area contributed by atoms with E-state index in [4.69, 9.17) is 17.3 Å². The molecule has 4 atom stereocenters. The summed E-state index contributed by atoms with van der Waals surface area (Å²) in [5.74, 6) is 0. The maximum absolute atomic E-state index is 10.0. The zero-order valence-electron chi connectivity index (χ0n) is 8.65. The van der Waals surface area contributed by atoms with Gasteiger partial charge in [-0.3, -0.25) is 0 Å². The Bertz CT molecular complexity index is 279. The van der Waals surface area contributed by atoms with E-state index in [1.54, 1.807) is 11.9 Å². The zero-order chi connectivity index (χ0) is 12.5. The van der Waals surface area contributed by atoms with E-state index in [9.17, 15) is 20.4 Å². The van der Waals surface area contributed by atoms with E-state index in [0.717, 1.165) is 11.8 Å². The fourth-order valence-corrected chi connectivity index (χ4v) is 2.94. The van der Waals surface area contributed by atoms with Crippen molar-refractivity contribution < 1.29 is 25.5 Å². The normalized spacial score (nSPS) is 31.6. The number of aliphatic hydroxyl groups is 5. The molecule has 16 heavy (non-hydrogen) atoms. The van der Waals surface area contributed by atoms with Crippen molar-refractivity contribution in [1.82, 2.24) is 4.90 Å². The molecule has 0 amide bonds. The number of β-amino-alcohol motifs (C(OH)–C–C–N with tert-alkyl or cyclic N) is 1. The van der Waals surface area contributed by atoms with E-state index in [1.807, 2.05) is 0 Å². The highest BCUT2D eigenvalue weighted by Crippen LogP contribution is 2.37. The summed E-state index contributed by atoms with van der Waals surface area (Å²) in [6.07, 6.45) is -4.72. The van der Waals surface area contributed by atoms with Crippen LogP contribution in [0.2, 0.25) is 0 Å². The summed E-state index contributed by atoms with van der Waals surface area (Å²) in [6.45, 7) is -0.647. The third kappa shape index (κ3) is 2.65. The highest BCUT2D eigenvalue weighted by Gasteiger charge is 2.49. The number of thiocarbonyl (C=S) groups is 1. The number of thioether (sulfide) groups is 1. The summed E-state index contributed by atoms with van der Waals surface area (Å²) in [6, 6.07) is 0.